The quantitative estimate of drug-likeness (QED) is 0.427. The molecule has 1 N–H and O–H groups in total. The average Bonchev–Trinajstić information content (AvgIpc) is 3.59. The molecule has 4 heterocycles. The van der Waals surface area contributed by atoms with Gasteiger partial charge in [-0.25, -0.2) is 4.98 Å². The number of aryl methyl sites for hydroxylation is 2. The number of fused-ring (bicyclic) bond motifs is 1. The maximum Gasteiger partial charge on any atom is 0.252 e. The van der Waals surface area contributed by atoms with Crippen molar-refractivity contribution in [1.82, 2.24) is 34.7 Å². The van der Waals surface area contributed by atoms with E-state index in [1.807, 2.05) is 54.0 Å². The molecular formula is C25H19ClN7O. The molecule has 34 heavy (non-hydrogen) atoms. The molecule has 6 rings (SSSR count). The molecule has 2 aromatic carbocycles. The van der Waals surface area contributed by atoms with E-state index in [0.717, 1.165) is 58.1 Å². The summed E-state index contributed by atoms with van der Waals surface area (Å²) < 4.78 is 3.40. The van der Waals surface area contributed by atoms with Gasteiger partial charge in [-0.1, -0.05) is 35.9 Å². The van der Waals surface area contributed by atoms with Gasteiger partial charge in [-0.05, 0) is 71.7 Å². The molecule has 5 aromatic rings. The van der Waals surface area contributed by atoms with E-state index < -0.39 is 0 Å². The summed E-state index contributed by atoms with van der Waals surface area (Å²) in [5, 5.41) is 12.0. The van der Waals surface area contributed by atoms with Crippen molar-refractivity contribution in [1.29, 1.82) is 0 Å². The number of nitrogens with zero attached hydrogens (tertiary/aromatic N) is 6. The number of hydrogen-bond acceptors (Lipinski definition) is 5. The summed E-state index contributed by atoms with van der Waals surface area (Å²) in [6.45, 7) is 1.98. The summed E-state index contributed by atoms with van der Waals surface area (Å²) in [7, 11) is 0. The van der Waals surface area contributed by atoms with Crippen LogP contribution in [0.5, 0.6) is 0 Å². The Balaban J connectivity index is 1.42. The number of aromatic nitrogens is 7. The molecule has 0 saturated carbocycles. The largest absolute Gasteiger partial charge is 0.340 e. The Morgan fingerprint density at radius 2 is 1.97 bits per heavy atom. The first-order chi connectivity index (χ1) is 16.6. The monoisotopic (exact) mass is 468 g/mol. The highest BCUT2D eigenvalue weighted by Crippen LogP contribution is 2.35. The SMILES string of the molecule is Cc1nc(C2CCc3cc(-c4cc(Cl)ccc4-n4cnnn4)cc(=O)n32)[nH]c1-c1cc[c]cc1. The molecule has 0 fully saturated rings. The maximum atomic E-state index is 13.4. The minimum Gasteiger partial charge on any atom is -0.340 e. The lowest BCUT2D eigenvalue weighted by Gasteiger charge is -2.15. The van der Waals surface area contributed by atoms with Crippen molar-refractivity contribution < 1.29 is 0 Å². The first-order valence-electron chi connectivity index (χ1n) is 10.9. The third-order valence-corrected chi connectivity index (χ3v) is 6.46. The van der Waals surface area contributed by atoms with Gasteiger partial charge in [0, 0.05) is 22.3 Å². The number of halogens is 1. The predicted octanol–water partition coefficient (Wildman–Crippen LogP) is 4.18. The van der Waals surface area contributed by atoms with Gasteiger partial charge in [0.25, 0.3) is 5.56 Å². The molecule has 167 valence electrons. The topological polar surface area (TPSA) is 94.3 Å². The zero-order valence-electron chi connectivity index (χ0n) is 18.2. The van der Waals surface area contributed by atoms with E-state index in [1.54, 1.807) is 16.8 Å². The van der Waals surface area contributed by atoms with Crippen LogP contribution in [0.2, 0.25) is 5.02 Å². The van der Waals surface area contributed by atoms with Gasteiger partial charge in [-0.2, -0.15) is 4.68 Å². The average molecular weight is 469 g/mol. The van der Waals surface area contributed by atoms with Gasteiger partial charge in [0.1, 0.15) is 12.2 Å². The molecule has 1 radical (unpaired) electrons. The molecule has 1 unspecified atom stereocenters. The van der Waals surface area contributed by atoms with Crippen LogP contribution in [0.1, 0.15) is 29.7 Å². The Morgan fingerprint density at radius 1 is 1.12 bits per heavy atom. The molecule has 1 aliphatic rings. The summed E-state index contributed by atoms with van der Waals surface area (Å²) in [5.41, 5.74) is 6.12. The number of rotatable bonds is 4. The van der Waals surface area contributed by atoms with Crippen LogP contribution in [0, 0.1) is 13.0 Å². The Hall–Kier alpha value is -4.04. The van der Waals surface area contributed by atoms with Crippen LogP contribution < -0.4 is 5.56 Å². The van der Waals surface area contributed by atoms with E-state index in [0.29, 0.717) is 5.02 Å². The number of hydrogen-bond donors (Lipinski definition) is 1. The number of tetrazole rings is 1. The zero-order chi connectivity index (χ0) is 23.2. The van der Waals surface area contributed by atoms with E-state index in [-0.39, 0.29) is 11.6 Å². The van der Waals surface area contributed by atoms with Gasteiger partial charge >= 0.3 is 0 Å². The Kier molecular flexibility index (Phi) is 4.88. The number of nitrogens with one attached hydrogen (secondary N) is 1. The molecular weight excluding hydrogens is 450 g/mol. The van der Waals surface area contributed by atoms with Crippen LogP contribution >= 0.6 is 11.6 Å². The van der Waals surface area contributed by atoms with Crippen molar-refractivity contribution in [2.24, 2.45) is 0 Å². The molecule has 3 aromatic heterocycles. The minimum atomic E-state index is -0.141. The molecule has 9 heteroatoms. The van der Waals surface area contributed by atoms with Crippen LogP contribution in [0.15, 0.2) is 65.7 Å². The second-order valence-corrected chi connectivity index (χ2v) is 8.72. The Morgan fingerprint density at radius 3 is 2.76 bits per heavy atom. The van der Waals surface area contributed by atoms with Crippen molar-refractivity contribution in [3.05, 3.63) is 99.6 Å². The van der Waals surface area contributed by atoms with E-state index in [9.17, 15) is 4.79 Å². The number of pyridine rings is 1. The lowest BCUT2D eigenvalue weighted by Crippen LogP contribution is -2.24. The van der Waals surface area contributed by atoms with E-state index in [4.69, 9.17) is 16.6 Å². The van der Waals surface area contributed by atoms with Crippen LogP contribution in [0.3, 0.4) is 0 Å². The molecule has 1 atom stereocenters. The van der Waals surface area contributed by atoms with Crippen LogP contribution in [0.25, 0.3) is 28.1 Å². The first-order valence-corrected chi connectivity index (χ1v) is 11.3. The highest BCUT2D eigenvalue weighted by atomic mass is 35.5. The fraction of sp³-hybridized carbons (Fsp3) is 0.160. The van der Waals surface area contributed by atoms with Crippen LogP contribution in [0.4, 0.5) is 0 Å². The van der Waals surface area contributed by atoms with Gasteiger partial charge in [0.15, 0.2) is 0 Å². The van der Waals surface area contributed by atoms with Crippen LogP contribution in [-0.2, 0) is 6.42 Å². The smallest absolute Gasteiger partial charge is 0.252 e. The molecule has 1 aliphatic heterocycles. The van der Waals surface area contributed by atoms with Crippen molar-refractivity contribution in [3.63, 3.8) is 0 Å². The second-order valence-electron chi connectivity index (χ2n) is 8.29. The van der Waals surface area contributed by atoms with Crippen LogP contribution in [-0.4, -0.2) is 34.7 Å². The summed E-state index contributed by atoms with van der Waals surface area (Å²) in [6, 6.07) is 19.8. The standard InChI is InChI=1S/C25H19ClN7O/c1-15-24(16-5-3-2-4-6-16)29-25(28-15)22-10-8-19-11-17(12-23(34)33(19)22)20-13-18(26)7-9-21(20)32-14-27-30-31-32/h3-7,9,11-14,22H,8,10H2,1H3,(H,28,29). The predicted molar refractivity (Wildman–Crippen MR) is 128 cm³/mol. The Bertz CT molecular complexity index is 1550. The molecule has 0 saturated heterocycles. The second kappa shape index (κ2) is 8.07. The minimum absolute atomic E-state index is 0.0810. The first kappa shape index (κ1) is 20.6. The number of benzene rings is 2. The summed E-state index contributed by atoms with van der Waals surface area (Å²) in [6.07, 6.45) is 3.08. The Labute approximate surface area is 199 Å². The zero-order valence-corrected chi connectivity index (χ0v) is 19.0. The van der Waals surface area contributed by atoms with Gasteiger partial charge in [-0.15, -0.1) is 5.10 Å². The third-order valence-electron chi connectivity index (χ3n) is 6.22. The highest BCUT2D eigenvalue weighted by Gasteiger charge is 2.28. The third kappa shape index (κ3) is 3.43. The fourth-order valence-corrected chi connectivity index (χ4v) is 4.87. The van der Waals surface area contributed by atoms with Crippen molar-refractivity contribution in [2.45, 2.75) is 25.8 Å². The maximum absolute atomic E-state index is 13.4. The molecule has 0 bridgehead atoms. The highest BCUT2D eigenvalue weighted by molar-refractivity contribution is 6.31. The van der Waals surface area contributed by atoms with Gasteiger partial charge in [0.05, 0.1) is 23.1 Å². The van der Waals surface area contributed by atoms with Gasteiger partial charge in [-0.3, -0.25) is 4.79 Å². The molecule has 0 aliphatic carbocycles. The van der Waals surface area contributed by atoms with E-state index >= 15 is 0 Å². The van der Waals surface area contributed by atoms with Crippen molar-refractivity contribution in [2.75, 3.05) is 0 Å². The van der Waals surface area contributed by atoms with Crippen molar-refractivity contribution in [3.8, 4) is 28.1 Å². The summed E-state index contributed by atoms with van der Waals surface area (Å²) >= 11 is 6.30. The normalized spacial score (nSPS) is 14.9. The lowest BCUT2D eigenvalue weighted by molar-refractivity contribution is 0.571. The molecule has 8 nitrogen and oxygen atoms in total. The van der Waals surface area contributed by atoms with Gasteiger partial charge < -0.3 is 9.55 Å². The number of aromatic amines is 1. The lowest BCUT2D eigenvalue weighted by atomic mass is 10.0. The molecule has 0 spiro atoms. The molecule has 0 amide bonds. The van der Waals surface area contributed by atoms with Gasteiger partial charge in [0.2, 0.25) is 0 Å². The summed E-state index contributed by atoms with van der Waals surface area (Å²) in [4.78, 5) is 21.6. The van der Waals surface area contributed by atoms with Crippen molar-refractivity contribution >= 4 is 11.6 Å². The van der Waals surface area contributed by atoms with E-state index in [2.05, 4.69) is 26.6 Å². The van der Waals surface area contributed by atoms with E-state index in [1.165, 1.54) is 6.33 Å². The fourth-order valence-electron chi connectivity index (χ4n) is 4.70. The summed E-state index contributed by atoms with van der Waals surface area (Å²) in [5.74, 6) is 0.797. The number of H-pyrrole nitrogens is 1. The number of imidazole rings is 1.